The highest BCUT2D eigenvalue weighted by Gasteiger charge is 2.35. The normalized spacial score (nSPS) is 15.0. The quantitative estimate of drug-likeness (QED) is 0.610. The number of hydrogen-bond donors (Lipinski definition) is 2. The molecule has 0 amide bonds. The molecule has 4 rings (SSSR count). The molecule has 2 N–H and O–H groups in total. The van der Waals surface area contributed by atoms with Crippen molar-refractivity contribution in [2.75, 3.05) is 10.6 Å². The van der Waals surface area contributed by atoms with E-state index < -0.39 is 0 Å². The van der Waals surface area contributed by atoms with Crippen molar-refractivity contribution in [3.05, 3.63) is 71.2 Å². The Labute approximate surface area is 169 Å². The molecule has 0 fully saturated rings. The maximum Gasteiger partial charge on any atom is 0.229 e. The van der Waals surface area contributed by atoms with Gasteiger partial charge in [0.05, 0.1) is 11.3 Å². The van der Waals surface area contributed by atoms with E-state index in [2.05, 4.69) is 34.4 Å². The first-order chi connectivity index (χ1) is 13.8. The van der Waals surface area contributed by atoms with Gasteiger partial charge in [-0.05, 0) is 60.7 Å². The van der Waals surface area contributed by atoms with Gasteiger partial charge in [0, 0.05) is 17.8 Å². The minimum absolute atomic E-state index is 0.0166. The number of nitrogens with zero attached hydrogens (tertiary/aromatic N) is 2. The molecule has 2 aromatic carbocycles. The van der Waals surface area contributed by atoms with Crippen molar-refractivity contribution in [1.29, 1.82) is 0 Å². The van der Waals surface area contributed by atoms with Gasteiger partial charge in [-0.1, -0.05) is 26.0 Å². The van der Waals surface area contributed by atoms with Crippen LogP contribution in [0.3, 0.4) is 0 Å². The first-order valence-electron chi connectivity index (χ1n) is 9.59. The summed E-state index contributed by atoms with van der Waals surface area (Å²) in [5.74, 6) is 0.560. The summed E-state index contributed by atoms with van der Waals surface area (Å²) in [4.78, 5) is 22.1. The number of benzene rings is 2. The smallest absolute Gasteiger partial charge is 0.229 e. The third-order valence-corrected chi connectivity index (χ3v) is 4.93. The summed E-state index contributed by atoms with van der Waals surface area (Å²) in [6.45, 7) is 6.15. The Hall–Kier alpha value is -3.28. The van der Waals surface area contributed by atoms with E-state index in [9.17, 15) is 9.18 Å². The Morgan fingerprint density at radius 3 is 2.45 bits per heavy atom. The number of halogens is 1. The van der Waals surface area contributed by atoms with E-state index in [1.807, 2.05) is 31.2 Å². The molecular weight excluding hydrogens is 367 g/mol. The van der Waals surface area contributed by atoms with Crippen molar-refractivity contribution in [1.82, 2.24) is 9.97 Å². The van der Waals surface area contributed by atoms with Crippen molar-refractivity contribution < 1.29 is 9.18 Å². The van der Waals surface area contributed by atoms with E-state index in [4.69, 9.17) is 0 Å². The van der Waals surface area contributed by atoms with E-state index in [1.165, 1.54) is 12.1 Å². The SMILES string of the molecule is Cc1cccc(Nc2nc3c(c(Nc4ccc(F)cc4)n2)C(=O)CC(C)(C)C3)c1. The van der Waals surface area contributed by atoms with Crippen LogP contribution in [-0.2, 0) is 6.42 Å². The van der Waals surface area contributed by atoms with Gasteiger partial charge < -0.3 is 10.6 Å². The number of fused-ring (bicyclic) bond motifs is 1. The first-order valence-corrected chi connectivity index (χ1v) is 9.59. The fraction of sp³-hybridized carbons (Fsp3) is 0.261. The number of aromatic nitrogens is 2. The number of rotatable bonds is 4. The third-order valence-electron chi connectivity index (χ3n) is 4.93. The lowest BCUT2D eigenvalue weighted by atomic mass is 9.75. The summed E-state index contributed by atoms with van der Waals surface area (Å²) in [5, 5.41) is 6.41. The summed E-state index contributed by atoms with van der Waals surface area (Å²) in [6.07, 6.45) is 1.11. The van der Waals surface area contributed by atoms with E-state index in [1.54, 1.807) is 12.1 Å². The Kier molecular flexibility index (Phi) is 4.78. The van der Waals surface area contributed by atoms with Crippen molar-refractivity contribution in [2.45, 2.75) is 33.6 Å². The summed E-state index contributed by atoms with van der Waals surface area (Å²) in [7, 11) is 0. The second-order valence-corrected chi connectivity index (χ2v) is 8.28. The molecule has 1 aliphatic carbocycles. The summed E-state index contributed by atoms with van der Waals surface area (Å²) >= 11 is 0. The zero-order chi connectivity index (χ0) is 20.6. The number of Topliss-reactive ketones (excluding diaryl/α,β-unsaturated/α-hetero) is 1. The molecule has 0 spiro atoms. The van der Waals surface area contributed by atoms with Gasteiger partial charge in [-0.25, -0.2) is 9.37 Å². The number of aryl methyl sites for hydroxylation is 1. The van der Waals surface area contributed by atoms with Crippen LogP contribution in [0.15, 0.2) is 48.5 Å². The standard InChI is InChI=1S/C23H23FN4O/c1-14-5-4-6-17(11-14)26-22-27-18-12-23(2,3)13-19(29)20(18)21(28-22)25-16-9-7-15(24)8-10-16/h4-11H,12-13H2,1-3H3,(H2,25,26,27,28). The topological polar surface area (TPSA) is 66.9 Å². The molecule has 0 bridgehead atoms. The minimum Gasteiger partial charge on any atom is -0.339 e. The van der Waals surface area contributed by atoms with Crippen LogP contribution in [0.25, 0.3) is 0 Å². The van der Waals surface area contributed by atoms with E-state index in [-0.39, 0.29) is 17.0 Å². The second-order valence-electron chi connectivity index (χ2n) is 8.28. The highest BCUT2D eigenvalue weighted by molar-refractivity contribution is 6.03. The lowest BCUT2D eigenvalue weighted by Gasteiger charge is -2.30. The molecule has 1 aliphatic rings. The molecule has 5 nitrogen and oxygen atoms in total. The number of hydrogen-bond acceptors (Lipinski definition) is 5. The van der Waals surface area contributed by atoms with Gasteiger partial charge in [-0.3, -0.25) is 4.79 Å². The number of carbonyl (C=O) groups excluding carboxylic acids is 1. The molecule has 0 saturated heterocycles. The van der Waals surface area contributed by atoms with Crippen LogP contribution < -0.4 is 10.6 Å². The highest BCUT2D eigenvalue weighted by atomic mass is 19.1. The van der Waals surface area contributed by atoms with Crippen LogP contribution in [0.2, 0.25) is 0 Å². The molecule has 1 heterocycles. The summed E-state index contributed by atoms with van der Waals surface area (Å²) in [5.41, 5.74) is 3.73. The zero-order valence-electron chi connectivity index (χ0n) is 16.7. The average Bonchev–Trinajstić information content (AvgIpc) is 2.62. The maximum absolute atomic E-state index is 13.3. The molecule has 6 heteroatoms. The van der Waals surface area contributed by atoms with Gasteiger partial charge in [0.15, 0.2) is 5.78 Å². The molecule has 148 valence electrons. The predicted octanol–water partition coefficient (Wildman–Crippen LogP) is 5.57. The van der Waals surface area contributed by atoms with Crippen LogP contribution in [0.5, 0.6) is 0 Å². The molecule has 0 unspecified atom stereocenters. The number of carbonyl (C=O) groups is 1. The van der Waals surface area contributed by atoms with Gasteiger partial charge in [0.25, 0.3) is 0 Å². The van der Waals surface area contributed by atoms with Crippen LogP contribution in [0.4, 0.5) is 27.5 Å². The van der Waals surface area contributed by atoms with Crippen molar-refractivity contribution in [3.8, 4) is 0 Å². The van der Waals surface area contributed by atoms with Crippen LogP contribution in [-0.4, -0.2) is 15.8 Å². The van der Waals surface area contributed by atoms with Gasteiger partial charge in [0.1, 0.15) is 11.6 Å². The second kappa shape index (κ2) is 7.28. The fourth-order valence-corrected chi connectivity index (χ4v) is 3.64. The lowest BCUT2D eigenvalue weighted by Crippen LogP contribution is -2.29. The number of anilines is 4. The molecule has 3 aromatic rings. The largest absolute Gasteiger partial charge is 0.339 e. The average molecular weight is 390 g/mol. The molecule has 0 atom stereocenters. The molecule has 29 heavy (non-hydrogen) atoms. The van der Waals surface area contributed by atoms with Crippen LogP contribution in [0.1, 0.15) is 41.9 Å². The summed E-state index contributed by atoms with van der Waals surface area (Å²) < 4.78 is 13.3. The van der Waals surface area contributed by atoms with Gasteiger partial charge in [-0.15, -0.1) is 0 Å². The van der Waals surface area contributed by atoms with Crippen LogP contribution >= 0.6 is 0 Å². The maximum atomic E-state index is 13.3. The number of ketones is 1. The molecule has 0 radical (unpaired) electrons. The Balaban J connectivity index is 1.77. The predicted molar refractivity (Wildman–Crippen MR) is 113 cm³/mol. The fourth-order valence-electron chi connectivity index (χ4n) is 3.64. The monoisotopic (exact) mass is 390 g/mol. The lowest BCUT2D eigenvalue weighted by molar-refractivity contribution is 0.0911. The van der Waals surface area contributed by atoms with E-state index in [0.29, 0.717) is 35.9 Å². The molecular formula is C23H23FN4O. The van der Waals surface area contributed by atoms with Crippen molar-refractivity contribution >= 4 is 28.9 Å². The minimum atomic E-state index is -0.320. The third kappa shape index (κ3) is 4.26. The molecule has 0 saturated carbocycles. The molecule has 0 aliphatic heterocycles. The molecule has 1 aromatic heterocycles. The zero-order valence-corrected chi connectivity index (χ0v) is 16.7. The summed E-state index contributed by atoms with van der Waals surface area (Å²) in [6, 6.07) is 13.9. The Morgan fingerprint density at radius 1 is 0.966 bits per heavy atom. The van der Waals surface area contributed by atoms with Gasteiger partial charge in [0.2, 0.25) is 5.95 Å². The van der Waals surface area contributed by atoms with Crippen molar-refractivity contribution in [3.63, 3.8) is 0 Å². The van der Waals surface area contributed by atoms with Crippen LogP contribution in [0, 0.1) is 18.2 Å². The van der Waals surface area contributed by atoms with Gasteiger partial charge >= 0.3 is 0 Å². The van der Waals surface area contributed by atoms with E-state index in [0.717, 1.165) is 16.9 Å². The van der Waals surface area contributed by atoms with E-state index >= 15 is 0 Å². The highest BCUT2D eigenvalue weighted by Crippen LogP contribution is 2.37. The Bertz CT molecular complexity index is 1080. The Morgan fingerprint density at radius 2 is 1.72 bits per heavy atom. The van der Waals surface area contributed by atoms with Gasteiger partial charge in [-0.2, -0.15) is 4.98 Å². The number of nitrogens with one attached hydrogen (secondary N) is 2. The first kappa shape index (κ1) is 19.1. The van der Waals surface area contributed by atoms with Crippen molar-refractivity contribution in [2.24, 2.45) is 5.41 Å².